The fourth-order valence-electron chi connectivity index (χ4n) is 3.69. The van der Waals surface area contributed by atoms with Gasteiger partial charge in [-0.2, -0.15) is 4.31 Å². The lowest BCUT2D eigenvalue weighted by Gasteiger charge is -2.36. The van der Waals surface area contributed by atoms with Crippen molar-refractivity contribution in [3.05, 3.63) is 53.4 Å². The Labute approximate surface area is 174 Å². The summed E-state index contributed by atoms with van der Waals surface area (Å²) in [5.74, 6) is -0.244. The molecule has 2 aliphatic heterocycles. The molecule has 7 nitrogen and oxygen atoms in total. The molecule has 9 heteroatoms. The first kappa shape index (κ1) is 20.1. The molecule has 0 saturated carbocycles. The fourth-order valence-corrected chi connectivity index (χ4v) is 6.27. The van der Waals surface area contributed by atoms with E-state index in [1.807, 2.05) is 37.3 Å². The Bertz CT molecular complexity index is 996. The first-order chi connectivity index (χ1) is 13.9. The van der Waals surface area contributed by atoms with Crippen LogP contribution in [0.4, 0.5) is 0 Å². The van der Waals surface area contributed by atoms with Crippen LogP contribution in [0.3, 0.4) is 0 Å². The molecule has 1 N–H and O–H groups in total. The second kappa shape index (κ2) is 7.89. The van der Waals surface area contributed by atoms with Crippen LogP contribution < -0.4 is 5.32 Å². The van der Waals surface area contributed by atoms with E-state index in [9.17, 15) is 13.2 Å². The van der Waals surface area contributed by atoms with Crippen LogP contribution in [0.1, 0.15) is 37.8 Å². The van der Waals surface area contributed by atoms with Gasteiger partial charge in [0, 0.05) is 32.4 Å². The molecular weight excluding hydrogens is 410 g/mol. The number of rotatable bonds is 5. The SMILES string of the molecule is CC(NC(=O)C1=NOC2(CCN(S(=O)(=O)c3cccs3)CC2)C1)c1ccccc1. The molecule has 2 aromatic rings. The Morgan fingerprint density at radius 1 is 1.21 bits per heavy atom. The topological polar surface area (TPSA) is 88.1 Å². The molecule has 2 aliphatic rings. The number of carbonyl (C=O) groups is 1. The van der Waals surface area contributed by atoms with E-state index in [0.717, 1.165) is 5.56 Å². The number of hydrogen-bond acceptors (Lipinski definition) is 6. The summed E-state index contributed by atoms with van der Waals surface area (Å²) >= 11 is 1.22. The molecule has 3 heterocycles. The van der Waals surface area contributed by atoms with Crippen LogP contribution in [0.2, 0.25) is 0 Å². The van der Waals surface area contributed by atoms with Crippen LogP contribution in [0, 0.1) is 0 Å². The van der Waals surface area contributed by atoms with Crippen LogP contribution in [-0.2, 0) is 19.7 Å². The van der Waals surface area contributed by atoms with Crippen molar-refractivity contribution in [1.82, 2.24) is 9.62 Å². The van der Waals surface area contributed by atoms with E-state index in [0.29, 0.717) is 42.3 Å². The second-order valence-corrected chi connectivity index (χ2v) is 10.5. The van der Waals surface area contributed by atoms with Crippen molar-refractivity contribution in [3.63, 3.8) is 0 Å². The van der Waals surface area contributed by atoms with E-state index < -0.39 is 15.6 Å². The second-order valence-electron chi connectivity index (χ2n) is 7.43. The first-order valence-electron chi connectivity index (χ1n) is 9.54. The number of piperidine rings is 1. The fraction of sp³-hybridized carbons (Fsp3) is 0.400. The van der Waals surface area contributed by atoms with E-state index in [1.54, 1.807) is 17.5 Å². The lowest BCUT2D eigenvalue weighted by Crippen LogP contribution is -2.47. The zero-order valence-corrected chi connectivity index (χ0v) is 17.7. The minimum Gasteiger partial charge on any atom is -0.388 e. The van der Waals surface area contributed by atoms with Gasteiger partial charge in [0.05, 0.1) is 6.04 Å². The molecule has 0 aliphatic carbocycles. The average molecular weight is 434 g/mol. The van der Waals surface area contributed by atoms with Crippen LogP contribution >= 0.6 is 11.3 Å². The molecule has 0 radical (unpaired) electrons. The standard InChI is InChI=1S/C20H23N3O4S2/c1-15(16-6-3-2-4-7-16)21-19(24)17-14-20(27-22-17)9-11-23(12-10-20)29(25,26)18-8-5-13-28-18/h2-8,13,15H,9-12,14H2,1H3,(H,21,24). The zero-order chi connectivity index (χ0) is 20.5. The third-order valence-corrected chi connectivity index (χ3v) is 8.74. The molecule has 4 rings (SSSR count). The highest BCUT2D eigenvalue weighted by Gasteiger charge is 2.46. The number of nitrogens with zero attached hydrogens (tertiary/aromatic N) is 2. The van der Waals surface area contributed by atoms with E-state index in [2.05, 4.69) is 10.5 Å². The van der Waals surface area contributed by atoms with Gasteiger partial charge in [-0.25, -0.2) is 8.42 Å². The summed E-state index contributed by atoms with van der Waals surface area (Å²) in [6.45, 7) is 2.63. The normalized spacial score (nSPS) is 20.1. The van der Waals surface area contributed by atoms with Gasteiger partial charge in [-0.05, 0) is 23.9 Å². The summed E-state index contributed by atoms with van der Waals surface area (Å²) in [5.41, 5.74) is 0.786. The Morgan fingerprint density at radius 2 is 1.93 bits per heavy atom. The molecule has 0 bridgehead atoms. The van der Waals surface area contributed by atoms with Crippen molar-refractivity contribution >= 4 is 33.0 Å². The summed E-state index contributed by atoms with van der Waals surface area (Å²) in [4.78, 5) is 18.3. The predicted octanol–water partition coefficient (Wildman–Crippen LogP) is 2.93. The van der Waals surface area contributed by atoms with Gasteiger partial charge in [-0.15, -0.1) is 11.3 Å². The van der Waals surface area contributed by atoms with Gasteiger partial charge in [0.2, 0.25) is 0 Å². The Hall–Kier alpha value is -2.23. The number of benzene rings is 1. The highest BCUT2D eigenvalue weighted by atomic mass is 32.2. The van der Waals surface area contributed by atoms with E-state index >= 15 is 0 Å². The number of hydrogen-bond donors (Lipinski definition) is 1. The number of sulfonamides is 1. The van der Waals surface area contributed by atoms with Crippen LogP contribution in [-0.4, -0.2) is 43.0 Å². The number of carbonyl (C=O) groups excluding carboxylic acids is 1. The van der Waals surface area contributed by atoms with Gasteiger partial charge in [0.15, 0.2) is 0 Å². The van der Waals surface area contributed by atoms with E-state index in [-0.39, 0.29) is 11.9 Å². The highest BCUT2D eigenvalue weighted by molar-refractivity contribution is 7.91. The van der Waals surface area contributed by atoms with Crippen LogP contribution in [0.15, 0.2) is 57.2 Å². The van der Waals surface area contributed by atoms with Crippen molar-refractivity contribution in [3.8, 4) is 0 Å². The van der Waals surface area contributed by atoms with Crippen molar-refractivity contribution < 1.29 is 18.0 Å². The van der Waals surface area contributed by atoms with Crippen LogP contribution in [0.5, 0.6) is 0 Å². The van der Waals surface area contributed by atoms with Crippen molar-refractivity contribution in [2.75, 3.05) is 13.1 Å². The maximum absolute atomic E-state index is 12.7. The molecule has 1 saturated heterocycles. The van der Waals surface area contributed by atoms with Crippen molar-refractivity contribution in [2.45, 2.75) is 42.0 Å². The summed E-state index contributed by atoms with van der Waals surface area (Å²) in [7, 11) is -3.46. The van der Waals surface area contributed by atoms with Gasteiger partial charge in [-0.1, -0.05) is 41.6 Å². The first-order valence-corrected chi connectivity index (χ1v) is 11.9. The third-order valence-electron chi connectivity index (χ3n) is 5.47. The van der Waals surface area contributed by atoms with E-state index in [4.69, 9.17) is 4.84 Å². The zero-order valence-electron chi connectivity index (χ0n) is 16.1. The largest absolute Gasteiger partial charge is 0.388 e. The number of oxime groups is 1. The summed E-state index contributed by atoms with van der Waals surface area (Å²) < 4.78 is 27.2. The smallest absolute Gasteiger partial charge is 0.269 e. The molecule has 1 amide bonds. The maximum Gasteiger partial charge on any atom is 0.269 e. The van der Waals surface area contributed by atoms with Crippen molar-refractivity contribution in [1.29, 1.82) is 0 Å². The molecule has 1 aromatic carbocycles. The molecule has 1 fully saturated rings. The molecule has 29 heavy (non-hydrogen) atoms. The molecule has 1 aromatic heterocycles. The quantitative estimate of drug-likeness (QED) is 0.785. The van der Waals surface area contributed by atoms with E-state index in [1.165, 1.54) is 15.6 Å². The third kappa shape index (κ3) is 4.08. The Morgan fingerprint density at radius 3 is 2.59 bits per heavy atom. The number of thiophene rings is 1. The average Bonchev–Trinajstić information content (AvgIpc) is 3.40. The van der Waals surface area contributed by atoms with Gasteiger partial charge < -0.3 is 10.2 Å². The Kier molecular flexibility index (Phi) is 5.46. The summed E-state index contributed by atoms with van der Waals surface area (Å²) in [6.07, 6.45) is 1.41. The molecule has 1 spiro atoms. The van der Waals surface area contributed by atoms with Gasteiger partial charge >= 0.3 is 0 Å². The van der Waals surface area contributed by atoms with Gasteiger partial charge in [0.25, 0.3) is 15.9 Å². The predicted molar refractivity (Wildman–Crippen MR) is 111 cm³/mol. The molecule has 1 atom stereocenters. The Balaban J connectivity index is 1.34. The van der Waals surface area contributed by atoms with Crippen molar-refractivity contribution in [2.24, 2.45) is 5.16 Å². The minimum absolute atomic E-state index is 0.138. The molecular formula is C20H23N3O4S2. The molecule has 154 valence electrons. The highest BCUT2D eigenvalue weighted by Crippen LogP contribution is 2.36. The lowest BCUT2D eigenvalue weighted by atomic mass is 9.87. The molecule has 1 unspecified atom stereocenters. The van der Waals surface area contributed by atoms with Crippen LogP contribution in [0.25, 0.3) is 0 Å². The maximum atomic E-state index is 12.7. The van der Waals surface area contributed by atoms with Gasteiger partial charge in [0.1, 0.15) is 15.5 Å². The minimum atomic E-state index is -3.46. The monoisotopic (exact) mass is 433 g/mol. The number of nitrogens with one attached hydrogen (secondary N) is 1. The number of amides is 1. The summed E-state index contributed by atoms with van der Waals surface area (Å²) in [5, 5.41) is 8.75. The lowest BCUT2D eigenvalue weighted by molar-refractivity contribution is -0.115. The van der Waals surface area contributed by atoms with Gasteiger partial charge in [-0.3, -0.25) is 4.79 Å². The summed E-state index contributed by atoms with van der Waals surface area (Å²) in [6, 6.07) is 12.9.